The lowest BCUT2D eigenvalue weighted by molar-refractivity contribution is -0.150. The van der Waals surface area contributed by atoms with Crippen molar-refractivity contribution in [1.82, 2.24) is 4.47 Å². The molecule has 0 saturated carbocycles. The highest BCUT2D eigenvalue weighted by atomic mass is 32.2. The maximum atomic E-state index is 12.3. The van der Waals surface area contributed by atoms with E-state index in [1.54, 1.807) is 27.7 Å². The van der Waals surface area contributed by atoms with Gasteiger partial charge in [-0.25, -0.2) is 0 Å². The number of carbonyl (C=O) groups is 1. The van der Waals surface area contributed by atoms with Gasteiger partial charge in [0.15, 0.2) is 0 Å². The molecule has 1 aromatic carbocycles. The van der Waals surface area contributed by atoms with E-state index < -0.39 is 27.4 Å². The molecule has 0 aromatic heterocycles. The van der Waals surface area contributed by atoms with Crippen molar-refractivity contribution in [3.63, 3.8) is 0 Å². The van der Waals surface area contributed by atoms with Crippen LogP contribution >= 0.6 is 0 Å². The number of sulfonamides is 1. The molecule has 0 bridgehead atoms. The maximum Gasteiger partial charge on any atom is 0.289 e. The van der Waals surface area contributed by atoms with E-state index in [1.807, 2.05) is 0 Å². The van der Waals surface area contributed by atoms with Crippen LogP contribution in [-0.2, 0) is 14.8 Å². The van der Waals surface area contributed by atoms with Gasteiger partial charge in [0.1, 0.15) is 12.4 Å². The number of benzene rings is 1. The highest BCUT2D eigenvalue weighted by molar-refractivity contribution is 7.89. The Labute approximate surface area is 142 Å². The van der Waals surface area contributed by atoms with Crippen molar-refractivity contribution in [2.75, 3.05) is 6.61 Å². The summed E-state index contributed by atoms with van der Waals surface area (Å²) in [6.45, 7) is 6.85. The summed E-state index contributed by atoms with van der Waals surface area (Å²) in [6.07, 6.45) is 0. The Balaban J connectivity index is 2.98. The van der Waals surface area contributed by atoms with E-state index >= 15 is 0 Å². The number of hydroxylamine groups is 1. The maximum absolute atomic E-state index is 12.3. The third-order valence-electron chi connectivity index (χ3n) is 3.22. The largest absolute Gasteiger partial charge is 0.481 e. The molecule has 7 nitrogen and oxygen atoms in total. The molecule has 0 aliphatic rings. The number of hydrogen-bond donors (Lipinski definition) is 2. The standard InChI is InChI=1S/C16H22N2O5S/c1-5-6-11-23-12-7-9-13(10-8-12)24(21,22)18(20)15(19)14(17)16(2,3)4/h7-10,14,20H,11,17H2,1-4H3. The van der Waals surface area contributed by atoms with Gasteiger partial charge in [-0.05, 0) is 36.6 Å². The van der Waals surface area contributed by atoms with E-state index in [-0.39, 0.29) is 16.0 Å². The highest BCUT2D eigenvalue weighted by Gasteiger charge is 2.37. The van der Waals surface area contributed by atoms with Crippen LogP contribution in [0.1, 0.15) is 27.7 Å². The molecule has 0 aliphatic heterocycles. The number of ether oxygens (including phenoxy) is 1. The molecule has 1 rings (SSSR count). The average molecular weight is 354 g/mol. The van der Waals surface area contributed by atoms with Crippen molar-refractivity contribution >= 4 is 15.9 Å². The fourth-order valence-electron chi connectivity index (χ4n) is 1.61. The minimum atomic E-state index is -4.41. The van der Waals surface area contributed by atoms with Crippen LogP contribution in [0.2, 0.25) is 0 Å². The van der Waals surface area contributed by atoms with Crippen LogP contribution < -0.4 is 10.5 Å². The second-order valence-corrected chi connectivity index (χ2v) is 7.88. The normalized spacial score (nSPS) is 12.8. The average Bonchev–Trinajstić information content (AvgIpc) is 2.52. The number of rotatable bonds is 5. The second kappa shape index (κ2) is 7.66. The Morgan fingerprint density at radius 3 is 2.33 bits per heavy atom. The Morgan fingerprint density at radius 2 is 1.88 bits per heavy atom. The first-order valence-electron chi connectivity index (χ1n) is 7.18. The molecule has 8 heteroatoms. The molecule has 0 fully saturated rings. The van der Waals surface area contributed by atoms with Gasteiger partial charge >= 0.3 is 0 Å². The molecule has 132 valence electrons. The van der Waals surface area contributed by atoms with Crippen LogP contribution in [0.3, 0.4) is 0 Å². The van der Waals surface area contributed by atoms with E-state index in [2.05, 4.69) is 11.8 Å². The van der Waals surface area contributed by atoms with E-state index in [0.29, 0.717) is 5.75 Å². The van der Waals surface area contributed by atoms with Gasteiger partial charge in [0, 0.05) is 0 Å². The zero-order valence-corrected chi connectivity index (χ0v) is 14.9. The summed E-state index contributed by atoms with van der Waals surface area (Å²) in [5.74, 6) is 4.69. The summed E-state index contributed by atoms with van der Waals surface area (Å²) >= 11 is 0. The molecule has 0 spiro atoms. The van der Waals surface area contributed by atoms with Crippen molar-refractivity contribution in [3.05, 3.63) is 24.3 Å². The Morgan fingerprint density at radius 1 is 1.33 bits per heavy atom. The first kappa shape index (κ1) is 20.0. The molecule has 0 heterocycles. The molecule has 0 radical (unpaired) electrons. The molecular formula is C16H22N2O5S. The zero-order valence-electron chi connectivity index (χ0n) is 14.1. The minimum Gasteiger partial charge on any atom is -0.481 e. The van der Waals surface area contributed by atoms with Crippen molar-refractivity contribution in [2.24, 2.45) is 11.1 Å². The van der Waals surface area contributed by atoms with E-state index in [1.165, 1.54) is 24.3 Å². The number of carbonyl (C=O) groups excluding carboxylic acids is 1. The predicted octanol–water partition coefficient (Wildman–Crippen LogP) is 1.37. The zero-order chi connectivity index (χ0) is 18.5. The van der Waals surface area contributed by atoms with Gasteiger partial charge in [0.25, 0.3) is 15.9 Å². The minimum absolute atomic E-state index is 0.174. The number of nitrogens with zero attached hydrogens (tertiary/aromatic N) is 1. The van der Waals surface area contributed by atoms with Crippen LogP contribution in [0.5, 0.6) is 5.75 Å². The summed E-state index contributed by atoms with van der Waals surface area (Å²) in [7, 11) is -4.41. The van der Waals surface area contributed by atoms with Crippen molar-refractivity contribution in [2.45, 2.75) is 38.6 Å². The predicted molar refractivity (Wildman–Crippen MR) is 88.6 cm³/mol. The molecule has 3 N–H and O–H groups in total. The molecule has 0 saturated heterocycles. The fraction of sp³-hybridized carbons (Fsp3) is 0.438. The van der Waals surface area contributed by atoms with E-state index in [9.17, 15) is 18.4 Å². The Kier molecular flexibility index (Phi) is 6.37. The second-order valence-electron chi connectivity index (χ2n) is 6.12. The van der Waals surface area contributed by atoms with Crippen molar-refractivity contribution in [3.8, 4) is 17.6 Å². The fourth-order valence-corrected chi connectivity index (χ4v) is 2.64. The molecular weight excluding hydrogens is 332 g/mol. The van der Waals surface area contributed by atoms with Crippen LogP contribution in [-0.4, -0.2) is 36.6 Å². The number of nitrogens with two attached hydrogens (primary N) is 1. The summed E-state index contributed by atoms with van der Waals surface area (Å²) in [4.78, 5) is 11.8. The summed E-state index contributed by atoms with van der Waals surface area (Å²) in [5, 5.41) is 9.84. The lowest BCUT2D eigenvalue weighted by atomic mass is 9.87. The van der Waals surface area contributed by atoms with Gasteiger partial charge in [-0.1, -0.05) is 26.7 Å². The van der Waals surface area contributed by atoms with Gasteiger partial charge in [-0.15, -0.1) is 10.4 Å². The third-order valence-corrected chi connectivity index (χ3v) is 4.73. The van der Waals surface area contributed by atoms with Crippen molar-refractivity contribution in [1.29, 1.82) is 0 Å². The summed E-state index contributed by atoms with van der Waals surface area (Å²) in [6, 6.07) is 4.09. The molecule has 1 aromatic rings. The summed E-state index contributed by atoms with van der Waals surface area (Å²) < 4.78 is 29.6. The SMILES string of the molecule is CC#CCOc1ccc(S(=O)(=O)N(O)C(=O)C(N)C(C)(C)C)cc1. The highest BCUT2D eigenvalue weighted by Crippen LogP contribution is 2.23. The summed E-state index contributed by atoms with van der Waals surface area (Å²) in [5.41, 5.74) is 5.01. The van der Waals surface area contributed by atoms with Crippen LogP contribution in [0, 0.1) is 17.3 Å². The number of amides is 1. The van der Waals surface area contributed by atoms with Gasteiger partial charge in [-0.2, -0.15) is 8.42 Å². The van der Waals surface area contributed by atoms with E-state index in [4.69, 9.17) is 10.5 Å². The lowest BCUT2D eigenvalue weighted by Gasteiger charge is -2.28. The van der Waals surface area contributed by atoms with Gasteiger partial charge in [-0.3, -0.25) is 10.0 Å². The monoisotopic (exact) mass is 354 g/mol. The molecule has 24 heavy (non-hydrogen) atoms. The first-order valence-corrected chi connectivity index (χ1v) is 8.62. The molecule has 1 unspecified atom stereocenters. The third kappa shape index (κ3) is 4.71. The quantitative estimate of drug-likeness (QED) is 0.469. The first-order chi connectivity index (χ1) is 11.0. The van der Waals surface area contributed by atoms with E-state index in [0.717, 1.165) is 0 Å². The van der Waals surface area contributed by atoms with Crippen LogP contribution in [0.15, 0.2) is 29.2 Å². The molecule has 0 aliphatic carbocycles. The Hall–Kier alpha value is -2.08. The number of hydrogen-bond acceptors (Lipinski definition) is 6. The van der Waals surface area contributed by atoms with Crippen LogP contribution in [0.25, 0.3) is 0 Å². The molecule has 1 atom stereocenters. The van der Waals surface area contributed by atoms with Gasteiger partial charge in [0.05, 0.1) is 10.9 Å². The molecule has 1 amide bonds. The van der Waals surface area contributed by atoms with Gasteiger partial charge in [0.2, 0.25) is 0 Å². The smallest absolute Gasteiger partial charge is 0.289 e. The topological polar surface area (TPSA) is 110 Å². The lowest BCUT2D eigenvalue weighted by Crippen LogP contribution is -2.51. The van der Waals surface area contributed by atoms with Gasteiger partial charge < -0.3 is 10.5 Å². The van der Waals surface area contributed by atoms with Crippen molar-refractivity contribution < 1.29 is 23.2 Å². The van der Waals surface area contributed by atoms with Crippen LogP contribution in [0.4, 0.5) is 0 Å². The Bertz CT molecular complexity index is 739.